The van der Waals surface area contributed by atoms with Crippen molar-refractivity contribution in [2.45, 2.75) is 109 Å². The van der Waals surface area contributed by atoms with Crippen LogP contribution in [0.3, 0.4) is 0 Å². The molecule has 0 aliphatic rings. The van der Waals surface area contributed by atoms with Crippen LogP contribution in [0.2, 0.25) is 0 Å². The second-order valence-corrected chi connectivity index (χ2v) is 30.7. The molecule has 12 heterocycles. The summed E-state index contributed by atoms with van der Waals surface area (Å²) in [7, 11) is 0. The SMILES string of the molecule is CC(=O)C=C(C)O.CC(=O)C=C(C)O.CC(=O)C=C(C)O.Cc1ccc2c(n1)oc1c(-c3ccc4oc(-c5ccc(-c6c(C)cccc6C)cc5)cc4n3)[c-]ccc12.Cc1ccc2c(n1)oc1c(-c3ccc4oc(-c5ccc(C(C)(C)C)cc5)cc4n3)[c-]ccc12.Cc1ccc2c(n1)oc1c(-c3ccc4oc(-c5ccccc5)c(C)c4n3)[c-]ccc12.[Ir].[Ir].[Ir]. The molecule has 0 fully saturated rings. The first-order valence-corrected chi connectivity index (χ1v) is 39.3. The number of hydrogen-bond donors (Lipinski definition) is 3. The molecule has 0 saturated carbocycles. The molecule has 3 radical (unpaired) electrons. The van der Waals surface area contributed by atoms with E-state index in [9.17, 15) is 14.4 Å². The van der Waals surface area contributed by atoms with E-state index in [0.29, 0.717) is 17.1 Å². The van der Waals surface area contributed by atoms with Crippen LogP contribution in [0.15, 0.2) is 280 Å². The number of allylic oxidation sites excluding steroid dienone is 6. The Labute approximate surface area is 757 Å². The third-order valence-corrected chi connectivity index (χ3v) is 19.8. The summed E-state index contributed by atoms with van der Waals surface area (Å²) in [6.07, 6.45) is 3.50. The van der Waals surface area contributed by atoms with Crippen LogP contribution >= 0.6 is 0 Å². The number of aryl methyl sites for hydroxylation is 6. The Balaban J connectivity index is 0.000000161. The van der Waals surface area contributed by atoms with Crippen molar-refractivity contribution in [2.24, 2.45) is 0 Å². The number of furan rings is 6. The van der Waals surface area contributed by atoms with Crippen LogP contribution in [0, 0.1) is 59.7 Å². The fourth-order valence-electron chi connectivity index (χ4n) is 14.3. The van der Waals surface area contributed by atoms with Crippen molar-refractivity contribution in [3.8, 4) is 78.9 Å². The van der Waals surface area contributed by atoms with E-state index in [1.165, 1.54) is 87.6 Å². The van der Waals surface area contributed by atoms with Crippen LogP contribution in [0.5, 0.6) is 0 Å². The minimum Gasteiger partial charge on any atom is -0.512 e. The molecule has 12 aromatic heterocycles. The minimum atomic E-state index is -0.125. The van der Waals surface area contributed by atoms with E-state index in [1.54, 1.807) is 0 Å². The number of nitrogens with zero attached hydrogens (tertiary/aromatic N) is 6. The van der Waals surface area contributed by atoms with E-state index in [0.717, 1.165) is 173 Å². The van der Waals surface area contributed by atoms with E-state index < -0.39 is 0 Å². The number of benzene rings is 7. The summed E-state index contributed by atoms with van der Waals surface area (Å²) in [6, 6.07) is 83.2. The topological polar surface area (TPSA) is 268 Å². The smallest absolute Gasteiger partial charge is 0.216 e. The maximum atomic E-state index is 10.0. The van der Waals surface area contributed by atoms with Crippen molar-refractivity contribution in [3.05, 3.63) is 311 Å². The number of pyridine rings is 6. The number of rotatable bonds is 10. The second-order valence-electron chi connectivity index (χ2n) is 30.7. The summed E-state index contributed by atoms with van der Waals surface area (Å²) < 4.78 is 36.8. The van der Waals surface area contributed by atoms with Crippen molar-refractivity contribution >= 4 is 117 Å². The second kappa shape index (κ2) is 39.5. The maximum absolute atomic E-state index is 10.0. The normalized spacial score (nSPS) is 11.5. The van der Waals surface area contributed by atoms with E-state index in [2.05, 4.69) is 153 Å². The number of fused-ring (bicyclic) bond motifs is 12. The fourth-order valence-corrected chi connectivity index (χ4v) is 14.3. The van der Waals surface area contributed by atoms with Gasteiger partial charge in [0.05, 0.1) is 45.1 Å². The van der Waals surface area contributed by atoms with Gasteiger partial charge in [0.2, 0.25) is 17.1 Å². The molecular formula is C103H87Ir3N6O12-3. The quantitative estimate of drug-likeness (QED) is 0.0652. The Hall–Kier alpha value is -13.0. The molecule has 0 aliphatic heterocycles. The summed E-state index contributed by atoms with van der Waals surface area (Å²) in [6.45, 7) is 27.4. The Morgan fingerprint density at radius 1 is 0.355 bits per heavy atom. The van der Waals surface area contributed by atoms with E-state index in [4.69, 9.17) is 56.8 Å². The molecule has 19 aromatic rings. The van der Waals surface area contributed by atoms with Gasteiger partial charge in [-0.3, -0.25) is 29.3 Å². The Morgan fingerprint density at radius 2 is 0.718 bits per heavy atom. The number of aliphatic hydroxyl groups is 3. The Bertz CT molecular complexity index is 7160. The zero-order valence-corrected chi connectivity index (χ0v) is 77.9. The van der Waals surface area contributed by atoms with Crippen LogP contribution in [-0.4, -0.2) is 62.6 Å². The standard InChI is InChI=1S/C33H23N2O2.C29H23N2O2.C26H17N2O2.3C5H8O2.3Ir/c1-19-6-4-7-20(2)31(19)23-13-11-22(12-14-23)30-18-28-29(36-30)17-16-27(35-28)26-9-5-8-24-25-15-10-21(3)34-33(25)37-32(24)26;1-17-8-13-21-20-6-5-7-22(27(20)33-28(21)30-17)23-14-15-25-24(31-23)16-26(32-25)18-9-11-19(12-10-18)29(2,3)4;1-15-11-12-19-18-9-6-10-20(25(18)30-26(19)27-15)21-13-14-22-23(28-21)16(2)24(29-22)17-7-4-3-5-8-17;3*1-4(6)3-5(2)7;;;/h4-8,10-18H,1-3H3;5-6,8-16H,1-4H3;3-9,11-14H,1-2H3;3*3,6H,1-2H3;;;/q3*-1;;;;;;. The molecule has 3 N–H and O–H groups in total. The average molecular weight is 2180 g/mol. The molecule has 18 nitrogen and oxygen atoms in total. The predicted molar refractivity (Wildman–Crippen MR) is 480 cm³/mol. The van der Waals surface area contributed by atoms with Gasteiger partial charge in [0.15, 0.2) is 34.1 Å². The van der Waals surface area contributed by atoms with Gasteiger partial charge in [-0.1, -0.05) is 169 Å². The molecule has 0 spiro atoms. The number of aromatic nitrogens is 6. The van der Waals surface area contributed by atoms with Crippen LogP contribution < -0.4 is 0 Å². The maximum Gasteiger partial charge on any atom is 0.216 e. The molecule has 21 heteroatoms. The summed E-state index contributed by atoms with van der Waals surface area (Å²) in [5, 5.41) is 31.1. The van der Waals surface area contributed by atoms with Gasteiger partial charge in [-0.05, 0) is 188 Å². The van der Waals surface area contributed by atoms with Gasteiger partial charge in [-0.2, -0.15) is 0 Å². The summed E-state index contributed by atoms with van der Waals surface area (Å²) >= 11 is 0. The van der Waals surface area contributed by atoms with Crippen molar-refractivity contribution in [3.63, 3.8) is 0 Å². The van der Waals surface area contributed by atoms with Crippen LogP contribution in [-0.2, 0) is 80.1 Å². The molecule has 124 heavy (non-hydrogen) atoms. The van der Waals surface area contributed by atoms with E-state index in [1.807, 2.05) is 161 Å². The third kappa shape index (κ3) is 20.9. The van der Waals surface area contributed by atoms with E-state index in [-0.39, 0.29) is 100 Å². The van der Waals surface area contributed by atoms with Crippen LogP contribution in [0.4, 0.5) is 0 Å². The van der Waals surface area contributed by atoms with Gasteiger partial charge >= 0.3 is 0 Å². The summed E-state index contributed by atoms with van der Waals surface area (Å²) in [5.41, 5.74) is 27.0. The van der Waals surface area contributed by atoms with Gasteiger partial charge < -0.3 is 41.8 Å². The summed E-state index contributed by atoms with van der Waals surface area (Å²) in [5.74, 6) is 2.26. The summed E-state index contributed by atoms with van der Waals surface area (Å²) in [4.78, 5) is 58.4. The van der Waals surface area contributed by atoms with Crippen LogP contribution in [0.25, 0.3) is 178 Å². The Kier molecular flexibility index (Phi) is 29.2. The molecular weight excluding hydrogens is 2090 g/mol. The van der Waals surface area contributed by atoms with Gasteiger partial charge in [-0.15, -0.1) is 54.6 Å². The Morgan fingerprint density at radius 3 is 1.08 bits per heavy atom. The van der Waals surface area contributed by atoms with Gasteiger partial charge in [0, 0.05) is 146 Å². The molecule has 7 aromatic carbocycles. The number of carbonyl (C=O) groups excluding carboxylic acids is 3. The molecule has 0 aliphatic carbocycles. The van der Waals surface area contributed by atoms with Crippen molar-refractivity contribution in [1.29, 1.82) is 0 Å². The van der Waals surface area contributed by atoms with Crippen molar-refractivity contribution in [1.82, 2.24) is 29.9 Å². The first-order chi connectivity index (χ1) is 58.0. The molecule has 0 unspecified atom stereocenters. The monoisotopic (exact) mass is 2180 g/mol. The largest absolute Gasteiger partial charge is 0.512 e. The molecule has 19 rings (SSSR count). The minimum absolute atomic E-state index is 0. The number of hydrogen-bond acceptors (Lipinski definition) is 18. The van der Waals surface area contributed by atoms with E-state index >= 15 is 0 Å². The molecule has 0 atom stereocenters. The first-order valence-electron chi connectivity index (χ1n) is 39.3. The fraction of sp³-hybridized carbons (Fsp3) is 0.155. The molecule has 0 amide bonds. The zero-order chi connectivity index (χ0) is 85.7. The number of carbonyl (C=O) groups is 3. The molecule has 0 saturated heterocycles. The van der Waals surface area contributed by atoms with Crippen molar-refractivity contribution < 1.29 is 117 Å². The molecule has 631 valence electrons. The zero-order valence-electron chi connectivity index (χ0n) is 70.7. The molecule has 0 bridgehead atoms. The van der Waals surface area contributed by atoms with Gasteiger partial charge in [-0.25, -0.2) is 15.0 Å². The van der Waals surface area contributed by atoms with Gasteiger partial charge in [0.25, 0.3) is 0 Å². The van der Waals surface area contributed by atoms with Gasteiger partial charge in [0.1, 0.15) is 22.8 Å². The van der Waals surface area contributed by atoms with Crippen LogP contribution in [0.1, 0.15) is 102 Å². The first kappa shape index (κ1) is 91.8. The van der Waals surface area contributed by atoms with Crippen molar-refractivity contribution in [2.75, 3.05) is 0 Å². The predicted octanol–water partition coefficient (Wildman–Crippen LogP) is 26.7. The number of ketones is 3. The number of aliphatic hydroxyl groups excluding tert-OH is 3. The third-order valence-electron chi connectivity index (χ3n) is 19.8. The average Bonchev–Trinajstić information content (AvgIpc) is 1.61.